The molecule has 3 heterocycles. The predicted octanol–water partition coefficient (Wildman–Crippen LogP) is 4.50. The van der Waals surface area contributed by atoms with Crippen molar-refractivity contribution in [1.82, 2.24) is 14.1 Å². The van der Waals surface area contributed by atoms with E-state index in [0.29, 0.717) is 0 Å². The normalized spacial score (nSPS) is 11.8. The number of hydrogen-bond donors (Lipinski definition) is 0. The quantitative estimate of drug-likeness (QED) is 0.521. The number of carbonyl (C=O) groups is 1. The van der Waals surface area contributed by atoms with Gasteiger partial charge in [0.05, 0.1) is 0 Å². The number of aldehydes is 1. The number of aromatic nitrogens is 3. The van der Waals surface area contributed by atoms with E-state index in [1.54, 1.807) is 6.08 Å². The minimum absolute atomic E-state index is 0.827. The lowest BCUT2D eigenvalue weighted by Crippen LogP contribution is -2.08. The summed E-state index contributed by atoms with van der Waals surface area (Å²) in [7, 11) is 0. The molecule has 4 nitrogen and oxygen atoms in total. The number of carbonyl (C=O) groups excluding carboxylic acids is 1. The number of aryl methyl sites for hydroxylation is 4. The summed E-state index contributed by atoms with van der Waals surface area (Å²) in [5.41, 5.74) is 6.44. The molecule has 0 atom stereocenters. The summed E-state index contributed by atoms with van der Waals surface area (Å²) in [6.45, 7) is 10.2. The van der Waals surface area contributed by atoms with Crippen LogP contribution in [-0.2, 0) is 4.79 Å². The van der Waals surface area contributed by atoms with Gasteiger partial charge in [-0.1, -0.05) is 0 Å². The highest BCUT2D eigenvalue weighted by Gasteiger charge is 2.13. The molecule has 128 valence electrons. The first kappa shape index (κ1) is 17.0. The van der Waals surface area contributed by atoms with Crippen molar-refractivity contribution in [3.63, 3.8) is 0 Å². The van der Waals surface area contributed by atoms with Crippen LogP contribution in [0.15, 0.2) is 42.5 Å². The SMILES string of the molecule is C/C(=C/C=O)c1cc(-n2c(C)ccc2C)nc(-n2c(C)ccc2C)c1. The van der Waals surface area contributed by atoms with Crippen LogP contribution in [-0.4, -0.2) is 20.4 Å². The van der Waals surface area contributed by atoms with Crippen LogP contribution in [0.25, 0.3) is 17.2 Å². The zero-order chi connectivity index (χ0) is 18.1. The molecule has 25 heavy (non-hydrogen) atoms. The molecule has 0 spiro atoms. The van der Waals surface area contributed by atoms with E-state index in [1.165, 1.54) is 0 Å². The Kier molecular flexibility index (Phi) is 4.45. The first-order valence-corrected chi connectivity index (χ1v) is 8.37. The molecule has 0 saturated carbocycles. The third-order valence-corrected chi connectivity index (χ3v) is 4.57. The number of pyridine rings is 1. The fourth-order valence-electron chi connectivity index (χ4n) is 3.22. The summed E-state index contributed by atoms with van der Waals surface area (Å²) >= 11 is 0. The third kappa shape index (κ3) is 3.07. The van der Waals surface area contributed by atoms with Crippen LogP contribution < -0.4 is 0 Å². The standard InChI is InChI=1S/C21H23N3O/c1-14(10-11-25)19-12-20(23-15(2)6-7-16(23)3)22-21(13-19)24-17(4)8-9-18(24)5/h6-13H,1-5H3/b14-10-. The van der Waals surface area contributed by atoms with E-state index in [0.717, 1.165) is 51.8 Å². The number of nitrogens with zero attached hydrogens (tertiary/aromatic N) is 3. The fraction of sp³-hybridized carbons (Fsp3) is 0.238. The zero-order valence-electron chi connectivity index (χ0n) is 15.4. The van der Waals surface area contributed by atoms with Crippen LogP contribution in [0.3, 0.4) is 0 Å². The summed E-state index contributed by atoms with van der Waals surface area (Å²) in [4.78, 5) is 15.8. The van der Waals surface area contributed by atoms with Crippen molar-refractivity contribution in [3.8, 4) is 11.6 Å². The maximum absolute atomic E-state index is 10.9. The van der Waals surface area contributed by atoms with Gasteiger partial charge in [-0.2, -0.15) is 0 Å². The van der Waals surface area contributed by atoms with Gasteiger partial charge < -0.3 is 9.13 Å². The van der Waals surface area contributed by atoms with Gasteiger partial charge in [0.25, 0.3) is 0 Å². The van der Waals surface area contributed by atoms with Crippen molar-refractivity contribution < 1.29 is 4.79 Å². The van der Waals surface area contributed by atoms with Crippen LogP contribution in [0.5, 0.6) is 0 Å². The van der Waals surface area contributed by atoms with Crippen molar-refractivity contribution in [3.05, 3.63) is 70.8 Å². The third-order valence-electron chi connectivity index (χ3n) is 4.57. The molecule has 0 aromatic carbocycles. The Hall–Kier alpha value is -2.88. The van der Waals surface area contributed by atoms with E-state index in [2.05, 4.69) is 61.1 Å². The van der Waals surface area contributed by atoms with Crippen molar-refractivity contribution in [2.75, 3.05) is 0 Å². The Balaban J connectivity index is 2.30. The van der Waals surface area contributed by atoms with Gasteiger partial charge in [-0.25, -0.2) is 4.98 Å². The van der Waals surface area contributed by atoms with Gasteiger partial charge in [0.1, 0.15) is 17.9 Å². The molecule has 0 saturated heterocycles. The monoisotopic (exact) mass is 333 g/mol. The minimum atomic E-state index is 0.827. The highest BCUT2D eigenvalue weighted by molar-refractivity contribution is 5.81. The molecule has 3 aromatic heterocycles. The maximum atomic E-state index is 10.9. The summed E-state index contributed by atoms with van der Waals surface area (Å²) in [5.74, 6) is 1.72. The van der Waals surface area contributed by atoms with Gasteiger partial charge >= 0.3 is 0 Å². The van der Waals surface area contributed by atoms with E-state index in [4.69, 9.17) is 4.98 Å². The van der Waals surface area contributed by atoms with Gasteiger partial charge in [-0.3, -0.25) is 4.79 Å². The zero-order valence-corrected chi connectivity index (χ0v) is 15.4. The molecule has 4 heteroatoms. The van der Waals surface area contributed by atoms with Crippen molar-refractivity contribution >= 4 is 11.9 Å². The molecular formula is C21H23N3O. The van der Waals surface area contributed by atoms with Crippen LogP contribution in [0.2, 0.25) is 0 Å². The Morgan fingerprint density at radius 3 is 1.60 bits per heavy atom. The average molecular weight is 333 g/mol. The Bertz CT molecular complexity index is 870. The molecular weight excluding hydrogens is 310 g/mol. The van der Waals surface area contributed by atoms with E-state index in [9.17, 15) is 4.79 Å². The first-order chi connectivity index (χ1) is 11.9. The van der Waals surface area contributed by atoms with Gasteiger partial charge in [0.15, 0.2) is 0 Å². The van der Waals surface area contributed by atoms with E-state index in [1.807, 2.05) is 19.1 Å². The summed E-state index contributed by atoms with van der Waals surface area (Å²) in [5, 5.41) is 0. The molecule has 3 aromatic rings. The predicted molar refractivity (Wildman–Crippen MR) is 102 cm³/mol. The molecule has 0 radical (unpaired) electrons. The fourth-order valence-corrected chi connectivity index (χ4v) is 3.22. The molecule has 0 amide bonds. The Morgan fingerprint density at radius 1 is 0.840 bits per heavy atom. The average Bonchev–Trinajstić information content (AvgIpc) is 3.09. The van der Waals surface area contributed by atoms with Crippen LogP contribution in [0, 0.1) is 27.7 Å². The van der Waals surface area contributed by atoms with Gasteiger partial charge in [-0.15, -0.1) is 0 Å². The number of hydrogen-bond acceptors (Lipinski definition) is 2. The van der Waals surface area contributed by atoms with Gasteiger partial charge in [0, 0.05) is 22.8 Å². The lowest BCUT2D eigenvalue weighted by molar-refractivity contribution is -0.104. The summed E-state index contributed by atoms with van der Waals surface area (Å²) in [6, 6.07) is 12.4. The summed E-state index contributed by atoms with van der Waals surface area (Å²) < 4.78 is 4.27. The van der Waals surface area contributed by atoms with Gasteiger partial charge in [-0.05, 0) is 88.2 Å². The number of rotatable bonds is 4. The van der Waals surface area contributed by atoms with Crippen LogP contribution in [0.4, 0.5) is 0 Å². The van der Waals surface area contributed by atoms with Crippen molar-refractivity contribution in [1.29, 1.82) is 0 Å². The minimum Gasteiger partial charge on any atom is -0.303 e. The van der Waals surface area contributed by atoms with E-state index in [-0.39, 0.29) is 0 Å². The molecule has 0 aliphatic rings. The first-order valence-electron chi connectivity index (χ1n) is 8.37. The Labute approximate surface area is 148 Å². The second kappa shape index (κ2) is 6.55. The maximum Gasteiger partial charge on any atom is 0.143 e. The van der Waals surface area contributed by atoms with Gasteiger partial charge in [0.2, 0.25) is 0 Å². The van der Waals surface area contributed by atoms with Crippen LogP contribution in [0.1, 0.15) is 35.3 Å². The largest absolute Gasteiger partial charge is 0.303 e. The lowest BCUT2D eigenvalue weighted by Gasteiger charge is -2.15. The highest BCUT2D eigenvalue weighted by Crippen LogP contribution is 2.24. The molecule has 0 unspecified atom stereocenters. The number of allylic oxidation sites excluding steroid dienone is 2. The Morgan fingerprint density at radius 2 is 1.24 bits per heavy atom. The lowest BCUT2D eigenvalue weighted by atomic mass is 10.1. The summed E-state index contributed by atoms with van der Waals surface area (Å²) in [6.07, 6.45) is 2.42. The molecule has 0 fully saturated rings. The van der Waals surface area contributed by atoms with E-state index >= 15 is 0 Å². The van der Waals surface area contributed by atoms with E-state index < -0.39 is 0 Å². The van der Waals surface area contributed by atoms with Crippen molar-refractivity contribution in [2.45, 2.75) is 34.6 Å². The van der Waals surface area contributed by atoms with Crippen LogP contribution >= 0.6 is 0 Å². The van der Waals surface area contributed by atoms with Crippen molar-refractivity contribution in [2.24, 2.45) is 0 Å². The second-order valence-corrected chi connectivity index (χ2v) is 6.46. The smallest absolute Gasteiger partial charge is 0.143 e. The highest BCUT2D eigenvalue weighted by atomic mass is 16.1. The molecule has 0 aliphatic carbocycles. The molecule has 0 aliphatic heterocycles. The molecule has 3 rings (SSSR count). The second-order valence-electron chi connectivity index (χ2n) is 6.46. The molecule has 0 bridgehead atoms. The molecule has 0 N–H and O–H groups in total. The topological polar surface area (TPSA) is 39.8 Å².